The third-order valence-corrected chi connectivity index (χ3v) is 6.05. The van der Waals surface area contributed by atoms with E-state index in [1.807, 2.05) is 6.92 Å². The standard InChI is InChI=1S/C20H24N2O5/c1-12(15-9-13-6-7-14(15)8-13)21-18(23)11-26-19(24)10-22-16-4-2-3-5-17(16)27-20(22)25/h2-5,12-15H,6-11H2,1H3,(H,21,23)/t12-,13+,14+,15-/m0/s1. The first kappa shape index (κ1) is 17.8. The van der Waals surface area contributed by atoms with E-state index in [0.29, 0.717) is 22.9 Å². The molecule has 0 aliphatic heterocycles. The molecule has 2 aromatic rings. The van der Waals surface area contributed by atoms with E-state index >= 15 is 0 Å². The summed E-state index contributed by atoms with van der Waals surface area (Å²) in [6.45, 7) is 1.40. The van der Waals surface area contributed by atoms with Crippen LogP contribution >= 0.6 is 0 Å². The lowest BCUT2D eigenvalue weighted by Crippen LogP contribution is -2.42. The molecule has 2 aliphatic carbocycles. The Bertz CT molecular complexity index is 914. The number of amides is 1. The van der Waals surface area contributed by atoms with Gasteiger partial charge in [-0.05, 0) is 56.1 Å². The van der Waals surface area contributed by atoms with E-state index in [-0.39, 0.29) is 25.1 Å². The van der Waals surface area contributed by atoms with Crippen LogP contribution in [0.15, 0.2) is 33.5 Å². The van der Waals surface area contributed by atoms with Crippen molar-refractivity contribution in [2.75, 3.05) is 6.61 Å². The highest BCUT2D eigenvalue weighted by molar-refractivity contribution is 5.81. The van der Waals surface area contributed by atoms with E-state index in [9.17, 15) is 14.4 Å². The van der Waals surface area contributed by atoms with Crippen molar-refractivity contribution in [2.24, 2.45) is 17.8 Å². The summed E-state index contributed by atoms with van der Waals surface area (Å²) in [6, 6.07) is 6.94. The van der Waals surface area contributed by atoms with Gasteiger partial charge < -0.3 is 14.5 Å². The number of esters is 1. The molecule has 144 valence electrons. The Morgan fingerprint density at radius 3 is 2.85 bits per heavy atom. The second-order valence-corrected chi connectivity index (χ2v) is 7.78. The molecule has 27 heavy (non-hydrogen) atoms. The number of carbonyl (C=O) groups excluding carboxylic acids is 2. The first-order chi connectivity index (χ1) is 13.0. The first-order valence-electron chi connectivity index (χ1n) is 9.54. The number of aromatic nitrogens is 1. The minimum atomic E-state index is -0.647. The maximum Gasteiger partial charge on any atom is 0.420 e. The average Bonchev–Trinajstić information content (AvgIpc) is 3.35. The molecule has 1 aromatic heterocycles. The van der Waals surface area contributed by atoms with Crippen molar-refractivity contribution >= 4 is 23.0 Å². The lowest BCUT2D eigenvalue weighted by molar-refractivity contribution is -0.149. The Labute approximate surface area is 156 Å². The van der Waals surface area contributed by atoms with Gasteiger partial charge in [-0.15, -0.1) is 0 Å². The summed E-state index contributed by atoms with van der Waals surface area (Å²) in [6.07, 6.45) is 5.05. The monoisotopic (exact) mass is 372 g/mol. The number of nitrogens with one attached hydrogen (secondary N) is 1. The zero-order valence-electron chi connectivity index (χ0n) is 15.3. The van der Waals surface area contributed by atoms with Crippen LogP contribution in [0.1, 0.15) is 32.6 Å². The largest absolute Gasteiger partial charge is 0.454 e. The zero-order valence-corrected chi connectivity index (χ0v) is 15.3. The predicted octanol–water partition coefficient (Wildman–Crippen LogP) is 2.08. The fourth-order valence-electron chi connectivity index (χ4n) is 4.79. The number of oxazole rings is 1. The summed E-state index contributed by atoms with van der Waals surface area (Å²) in [5.41, 5.74) is 0.932. The van der Waals surface area contributed by atoms with Crippen LogP contribution in [-0.2, 0) is 20.9 Å². The molecular weight excluding hydrogens is 348 g/mol. The van der Waals surface area contributed by atoms with E-state index in [1.165, 1.54) is 30.3 Å². The molecule has 7 heteroatoms. The molecule has 2 fully saturated rings. The fourth-order valence-corrected chi connectivity index (χ4v) is 4.79. The third kappa shape index (κ3) is 3.63. The first-order valence-corrected chi connectivity index (χ1v) is 9.54. The lowest BCUT2D eigenvalue weighted by atomic mass is 9.84. The van der Waals surface area contributed by atoms with Crippen LogP contribution < -0.4 is 11.1 Å². The van der Waals surface area contributed by atoms with Crippen LogP contribution in [0.2, 0.25) is 0 Å². The second-order valence-electron chi connectivity index (χ2n) is 7.78. The van der Waals surface area contributed by atoms with Crippen LogP contribution in [0.4, 0.5) is 0 Å². The van der Waals surface area contributed by atoms with Crippen molar-refractivity contribution in [1.82, 2.24) is 9.88 Å². The van der Waals surface area contributed by atoms with Gasteiger partial charge in [-0.2, -0.15) is 0 Å². The van der Waals surface area contributed by atoms with E-state index < -0.39 is 11.7 Å². The van der Waals surface area contributed by atoms with Gasteiger partial charge in [-0.3, -0.25) is 14.2 Å². The normalized spacial score (nSPS) is 24.9. The Hall–Kier alpha value is -2.57. The number of para-hydroxylation sites is 2. The van der Waals surface area contributed by atoms with Crippen molar-refractivity contribution < 1.29 is 18.7 Å². The van der Waals surface area contributed by atoms with Crippen molar-refractivity contribution in [2.45, 2.75) is 45.2 Å². The molecule has 1 heterocycles. The van der Waals surface area contributed by atoms with Crippen LogP contribution in [0.25, 0.3) is 11.1 Å². The minimum Gasteiger partial charge on any atom is -0.454 e. The molecule has 2 aliphatic rings. The molecular formula is C20H24N2O5. The zero-order chi connectivity index (χ0) is 19.0. The molecule has 4 rings (SSSR count). The topological polar surface area (TPSA) is 90.5 Å². The number of rotatable bonds is 6. The van der Waals surface area contributed by atoms with E-state index in [0.717, 1.165) is 5.92 Å². The van der Waals surface area contributed by atoms with Gasteiger partial charge in [0.05, 0.1) is 5.52 Å². The molecule has 0 saturated heterocycles. The van der Waals surface area contributed by atoms with E-state index in [1.54, 1.807) is 24.3 Å². The molecule has 2 saturated carbocycles. The number of carbonyl (C=O) groups is 2. The maximum atomic E-state index is 12.1. The summed E-state index contributed by atoms with van der Waals surface area (Å²) in [4.78, 5) is 36.1. The van der Waals surface area contributed by atoms with Crippen molar-refractivity contribution in [3.8, 4) is 0 Å². The molecule has 1 aromatic carbocycles. The highest BCUT2D eigenvalue weighted by Gasteiger charge is 2.42. The predicted molar refractivity (Wildman–Crippen MR) is 98.0 cm³/mol. The molecule has 0 radical (unpaired) electrons. The number of benzene rings is 1. The SMILES string of the molecule is C[C@H](NC(=O)COC(=O)Cn1c(=O)oc2ccccc21)[C@@H]1C[C@@H]2CC[C@@H]1C2. The number of hydrogen-bond acceptors (Lipinski definition) is 5. The van der Waals surface area contributed by atoms with E-state index in [2.05, 4.69) is 5.32 Å². The third-order valence-electron chi connectivity index (χ3n) is 6.05. The highest BCUT2D eigenvalue weighted by Crippen LogP contribution is 2.49. The molecule has 1 N–H and O–H groups in total. The summed E-state index contributed by atoms with van der Waals surface area (Å²) in [7, 11) is 0. The summed E-state index contributed by atoms with van der Waals surface area (Å²) in [5, 5.41) is 2.96. The molecule has 4 atom stereocenters. The molecule has 0 spiro atoms. The Balaban J connectivity index is 1.28. The van der Waals surface area contributed by atoms with Gasteiger partial charge in [0.15, 0.2) is 12.2 Å². The molecule has 0 unspecified atom stereocenters. The smallest absolute Gasteiger partial charge is 0.420 e. The van der Waals surface area contributed by atoms with Gasteiger partial charge in [-0.1, -0.05) is 18.6 Å². The van der Waals surface area contributed by atoms with Crippen molar-refractivity contribution in [3.63, 3.8) is 0 Å². The van der Waals surface area contributed by atoms with Gasteiger partial charge >= 0.3 is 11.7 Å². The number of ether oxygens (including phenoxy) is 1. The van der Waals surface area contributed by atoms with E-state index in [4.69, 9.17) is 9.15 Å². The van der Waals surface area contributed by atoms with Crippen LogP contribution in [0, 0.1) is 17.8 Å². The maximum absolute atomic E-state index is 12.1. The van der Waals surface area contributed by atoms with Crippen LogP contribution in [-0.4, -0.2) is 29.1 Å². The average molecular weight is 372 g/mol. The minimum absolute atomic E-state index is 0.0898. The summed E-state index contributed by atoms with van der Waals surface area (Å²) in [5.74, 6) is 0.491. The Morgan fingerprint density at radius 1 is 1.30 bits per heavy atom. The number of hydrogen-bond donors (Lipinski definition) is 1. The van der Waals surface area contributed by atoms with Crippen molar-refractivity contribution in [3.05, 3.63) is 34.8 Å². The molecule has 2 bridgehead atoms. The summed E-state index contributed by atoms with van der Waals surface area (Å²) < 4.78 is 11.3. The van der Waals surface area contributed by atoms with Gasteiger partial charge in [0.2, 0.25) is 0 Å². The van der Waals surface area contributed by atoms with Gasteiger partial charge in [0.25, 0.3) is 5.91 Å². The quantitative estimate of drug-likeness (QED) is 0.784. The van der Waals surface area contributed by atoms with Gasteiger partial charge in [0.1, 0.15) is 6.54 Å². The number of fused-ring (bicyclic) bond motifs is 3. The molecule has 7 nitrogen and oxygen atoms in total. The highest BCUT2D eigenvalue weighted by atomic mass is 16.5. The Kier molecular flexibility index (Phi) is 4.76. The van der Waals surface area contributed by atoms with Crippen LogP contribution in [0.3, 0.4) is 0 Å². The Morgan fingerprint density at radius 2 is 2.11 bits per heavy atom. The molecule has 1 amide bonds. The van der Waals surface area contributed by atoms with Gasteiger partial charge in [0, 0.05) is 6.04 Å². The summed E-state index contributed by atoms with van der Waals surface area (Å²) >= 11 is 0. The number of nitrogens with zero attached hydrogens (tertiary/aromatic N) is 1. The van der Waals surface area contributed by atoms with Crippen LogP contribution in [0.5, 0.6) is 0 Å². The lowest BCUT2D eigenvalue weighted by Gasteiger charge is -2.28. The van der Waals surface area contributed by atoms with Gasteiger partial charge in [-0.25, -0.2) is 4.79 Å². The second kappa shape index (κ2) is 7.21. The fraction of sp³-hybridized carbons (Fsp3) is 0.550. The van der Waals surface area contributed by atoms with Crippen molar-refractivity contribution in [1.29, 1.82) is 0 Å².